The molecule has 1 amide bonds. The Kier molecular flexibility index (Phi) is 5.79. The number of aryl methyl sites for hydroxylation is 2. The fourth-order valence-electron chi connectivity index (χ4n) is 3.62. The van der Waals surface area contributed by atoms with E-state index in [0.717, 1.165) is 41.4 Å². The molecule has 6 heteroatoms. The lowest BCUT2D eigenvalue weighted by Gasteiger charge is -2.18. The Hall–Kier alpha value is -3.28. The number of carbonyl (C=O) groups excluding carboxylic acids is 1. The average Bonchev–Trinajstić information content (AvgIpc) is 3.38. The number of carbonyl (C=O) groups is 1. The molecule has 0 unspecified atom stereocenters. The lowest BCUT2D eigenvalue weighted by atomic mass is 9.88. The first-order valence-corrected chi connectivity index (χ1v) is 9.89. The molecule has 1 atom stereocenters. The molecule has 150 valence electrons. The number of rotatable bonds is 8. The molecule has 4 rings (SSSR count). The van der Waals surface area contributed by atoms with E-state index in [9.17, 15) is 4.79 Å². The van der Waals surface area contributed by atoms with Gasteiger partial charge in [0.2, 0.25) is 12.7 Å². The molecule has 1 aliphatic heterocycles. The first-order valence-electron chi connectivity index (χ1n) is 9.89. The van der Waals surface area contributed by atoms with E-state index in [4.69, 9.17) is 9.47 Å². The Morgan fingerprint density at radius 2 is 1.97 bits per heavy atom. The second-order valence-corrected chi connectivity index (χ2v) is 7.15. The summed E-state index contributed by atoms with van der Waals surface area (Å²) < 4.78 is 13.0. The molecular weight excluding hydrogens is 366 g/mol. The molecule has 0 bridgehead atoms. The second-order valence-electron chi connectivity index (χ2n) is 7.15. The van der Waals surface area contributed by atoms with Crippen LogP contribution in [0.15, 0.2) is 60.9 Å². The van der Waals surface area contributed by atoms with Crippen LogP contribution in [0.2, 0.25) is 0 Å². The van der Waals surface area contributed by atoms with E-state index in [1.807, 2.05) is 49.5 Å². The highest BCUT2D eigenvalue weighted by Crippen LogP contribution is 2.37. The van der Waals surface area contributed by atoms with Gasteiger partial charge in [-0.1, -0.05) is 36.4 Å². The summed E-state index contributed by atoms with van der Waals surface area (Å²) >= 11 is 0. The summed E-state index contributed by atoms with van der Waals surface area (Å²) in [6.45, 7) is 3.70. The number of nitrogens with zero attached hydrogens (tertiary/aromatic N) is 2. The molecule has 0 fully saturated rings. The van der Waals surface area contributed by atoms with Crippen molar-refractivity contribution in [3.8, 4) is 11.5 Å². The summed E-state index contributed by atoms with van der Waals surface area (Å²) in [6, 6.07) is 16.0. The van der Waals surface area contributed by atoms with Crippen molar-refractivity contribution in [1.82, 2.24) is 14.9 Å². The van der Waals surface area contributed by atoms with E-state index < -0.39 is 0 Å². The number of amides is 1. The van der Waals surface area contributed by atoms with E-state index in [1.54, 1.807) is 6.20 Å². The van der Waals surface area contributed by atoms with Crippen molar-refractivity contribution in [2.24, 2.45) is 0 Å². The highest BCUT2D eigenvalue weighted by Gasteiger charge is 2.21. The molecule has 2 aromatic carbocycles. The molecule has 0 radical (unpaired) electrons. The van der Waals surface area contributed by atoms with Gasteiger partial charge in [0.05, 0.1) is 0 Å². The quantitative estimate of drug-likeness (QED) is 0.596. The van der Waals surface area contributed by atoms with Crippen LogP contribution in [-0.4, -0.2) is 28.8 Å². The number of imidazole rings is 1. The van der Waals surface area contributed by atoms with E-state index >= 15 is 0 Å². The van der Waals surface area contributed by atoms with Crippen molar-refractivity contribution in [2.75, 3.05) is 13.3 Å². The predicted molar refractivity (Wildman–Crippen MR) is 110 cm³/mol. The van der Waals surface area contributed by atoms with Crippen LogP contribution in [0.25, 0.3) is 0 Å². The highest BCUT2D eigenvalue weighted by molar-refractivity contribution is 5.77. The molecule has 1 aromatic heterocycles. The molecule has 0 saturated carbocycles. The van der Waals surface area contributed by atoms with E-state index in [-0.39, 0.29) is 18.6 Å². The summed E-state index contributed by atoms with van der Waals surface area (Å²) in [5, 5.41) is 3.06. The zero-order chi connectivity index (χ0) is 20.1. The zero-order valence-electron chi connectivity index (χ0n) is 16.5. The Bertz CT molecular complexity index is 969. The van der Waals surface area contributed by atoms with Crippen molar-refractivity contribution in [1.29, 1.82) is 0 Å². The molecule has 0 saturated heterocycles. The summed E-state index contributed by atoms with van der Waals surface area (Å²) in [5.41, 5.74) is 2.15. The van der Waals surface area contributed by atoms with Crippen LogP contribution < -0.4 is 14.8 Å². The molecule has 2 heterocycles. The van der Waals surface area contributed by atoms with Crippen molar-refractivity contribution < 1.29 is 14.3 Å². The van der Waals surface area contributed by atoms with Gasteiger partial charge in [-0.3, -0.25) is 4.79 Å². The van der Waals surface area contributed by atoms with E-state index in [2.05, 4.69) is 27.0 Å². The van der Waals surface area contributed by atoms with Crippen LogP contribution in [-0.2, 0) is 11.3 Å². The second kappa shape index (κ2) is 8.82. The zero-order valence-corrected chi connectivity index (χ0v) is 16.5. The first kappa shape index (κ1) is 19.1. The predicted octanol–water partition coefficient (Wildman–Crippen LogP) is 3.65. The van der Waals surface area contributed by atoms with E-state index in [1.165, 1.54) is 0 Å². The largest absolute Gasteiger partial charge is 0.454 e. The van der Waals surface area contributed by atoms with Gasteiger partial charge < -0.3 is 19.4 Å². The number of hydrogen-bond donors (Lipinski definition) is 1. The van der Waals surface area contributed by atoms with Gasteiger partial charge in [-0.2, -0.15) is 0 Å². The Labute approximate surface area is 170 Å². The summed E-state index contributed by atoms with van der Waals surface area (Å²) in [7, 11) is 0. The molecule has 1 N–H and O–H groups in total. The molecule has 0 spiro atoms. The summed E-state index contributed by atoms with van der Waals surface area (Å²) in [4.78, 5) is 16.9. The minimum atomic E-state index is -0.0402. The summed E-state index contributed by atoms with van der Waals surface area (Å²) in [5.74, 6) is 2.48. The monoisotopic (exact) mass is 391 g/mol. The Morgan fingerprint density at radius 3 is 2.76 bits per heavy atom. The van der Waals surface area contributed by atoms with Crippen molar-refractivity contribution in [3.05, 3.63) is 77.9 Å². The van der Waals surface area contributed by atoms with Crippen LogP contribution in [0.5, 0.6) is 11.5 Å². The van der Waals surface area contributed by atoms with Gasteiger partial charge in [0, 0.05) is 37.8 Å². The molecule has 1 aliphatic rings. The number of nitrogens with one attached hydrogen (secondary N) is 1. The normalized spacial score (nSPS) is 13.3. The van der Waals surface area contributed by atoms with E-state index in [0.29, 0.717) is 13.0 Å². The Balaban J connectivity index is 1.40. The maximum absolute atomic E-state index is 12.7. The minimum absolute atomic E-state index is 0.0402. The van der Waals surface area contributed by atoms with Gasteiger partial charge in [0.1, 0.15) is 5.82 Å². The van der Waals surface area contributed by atoms with Crippen LogP contribution in [0.3, 0.4) is 0 Å². The average molecular weight is 391 g/mol. The topological polar surface area (TPSA) is 65.4 Å². The van der Waals surface area contributed by atoms with Crippen LogP contribution in [0.4, 0.5) is 0 Å². The first-order chi connectivity index (χ1) is 14.2. The lowest BCUT2D eigenvalue weighted by molar-refractivity contribution is -0.121. The molecule has 3 aromatic rings. The van der Waals surface area contributed by atoms with Crippen LogP contribution in [0.1, 0.15) is 35.7 Å². The van der Waals surface area contributed by atoms with Gasteiger partial charge >= 0.3 is 0 Å². The van der Waals surface area contributed by atoms with Crippen LogP contribution in [0, 0.1) is 6.92 Å². The van der Waals surface area contributed by atoms with Gasteiger partial charge in [0.15, 0.2) is 11.5 Å². The van der Waals surface area contributed by atoms with Gasteiger partial charge in [-0.05, 0) is 36.6 Å². The van der Waals surface area contributed by atoms with Gasteiger partial charge in [-0.15, -0.1) is 0 Å². The third kappa shape index (κ3) is 4.59. The highest BCUT2D eigenvalue weighted by atomic mass is 16.7. The number of hydrogen-bond acceptors (Lipinski definition) is 4. The maximum atomic E-state index is 12.7. The standard InChI is InChI=1S/C23H25N3O3/c1-17-24-11-13-26(17)12-5-10-25-23(27)15-20(18-6-3-2-4-7-18)19-8-9-21-22(14-19)29-16-28-21/h2-4,6-9,11,13-14,20H,5,10,12,15-16H2,1H3,(H,25,27)/t20-/m0/s1. The van der Waals surface area contributed by atoms with Crippen molar-refractivity contribution >= 4 is 5.91 Å². The number of aromatic nitrogens is 2. The number of fused-ring (bicyclic) bond motifs is 1. The Morgan fingerprint density at radius 1 is 1.14 bits per heavy atom. The minimum Gasteiger partial charge on any atom is -0.454 e. The van der Waals surface area contributed by atoms with Crippen molar-refractivity contribution in [2.45, 2.75) is 32.2 Å². The molecule has 29 heavy (non-hydrogen) atoms. The number of benzene rings is 2. The van der Waals surface area contributed by atoms with Gasteiger partial charge in [0.25, 0.3) is 0 Å². The third-order valence-electron chi connectivity index (χ3n) is 5.21. The molecule has 6 nitrogen and oxygen atoms in total. The van der Waals surface area contributed by atoms with Gasteiger partial charge in [-0.25, -0.2) is 4.98 Å². The fourth-order valence-corrected chi connectivity index (χ4v) is 3.62. The lowest BCUT2D eigenvalue weighted by Crippen LogP contribution is -2.27. The summed E-state index contributed by atoms with van der Waals surface area (Å²) in [6.07, 6.45) is 5.00. The molecule has 0 aliphatic carbocycles. The molecular formula is C23H25N3O3. The third-order valence-corrected chi connectivity index (χ3v) is 5.21. The van der Waals surface area contributed by atoms with Crippen molar-refractivity contribution in [3.63, 3.8) is 0 Å². The fraction of sp³-hybridized carbons (Fsp3) is 0.304. The SMILES string of the molecule is Cc1nccn1CCCNC(=O)C[C@@H](c1ccccc1)c1ccc2c(c1)OCO2. The maximum Gasteiger partial charge on any atom is 0.231 e. The number of ether oxygens (including phenoxy) is 2. The smallest absolute Gasteiger partial charge is 0.231 e. The van der Waals surface area contributed by atoms with Crippen LogP contribution >= 0.6 is 0 Å².